The SMILES string of the molecule is Cc1ccc(C(=O)c2cc(F)c(Cl)cc2F)c(F)c1F. The molecular formula is C14H7ClF4O. The quantitative estimate of drug-likeness (QED) is 0.455. The average molecular weight is 303 g/mol. The van der Waals surface area contributed by atoms with Gasteiger partial charge >= 0.3 is 0 Å². The van der Waals surface area contributed by atoms with Gasteiger partial charge in [-0.2, -0.15) is 0 Å². The van der Waals surface area contributed by atoms with Crippen LogP contribution in [0.2, 0.25) is 5.02 Å². The van der Waals surface area contributed by atoms with Crippen molar-refractivity contribution in [3.05, 3.63) is 69.2 Å². The molecule has 0 aliphatic heterocycles. The standard InChI is InChI=1S/C14H7ClF4O/c1-6-2-3-7(13(19)12(6)18)14(20)8-4-11(17)9(15)5-10(8)16/h2-5H,1H3. The summed E-state index contributed by atoms with van der Waals surface area (Å²) in [4.78, 5) is 12.0. The van der Waals surface area contributed by atoms with Gasteiger partial charge in [0.15, 0.2) is 17.4 Å². The predicted octanol–water partition coefficient (Wildman–Crippen LogP) is 4.44. The second-order valence-electron chi connectivity index (χ2n) is 4.13. The van der Waals surface area contributed by atoms with Crippen LogP contribution in [0.25, 0.3) is 0 Å². The zero-order valence-corrected chi connectivity index (χ0v) is 10.9. The van der Waals surface area contributed by atoms with Crippen molar-refractivity contribution in [1.29, 1.82) is 0 Å². The van der Waals surface area contributed by atoms with E-state index in [2.05, 4.69) is 0 Å². The molecule has 0 amide bonds. The van der Waals surface area contributed by atoms with Gasteiger partial charge in [0.25, 0.3) is 0 Å². The fourth-order valence-corrected chi connectivity index (χ4v) is 1.81. The van der Waals surface area contributed by atoms with E-state index in [9.17, 15) is 22.4 Å². The Labute approximate surface area is 116 Å². The largest absolute Gasteiger partial charge is 0.288 e. The minimum absolute atomic E-state index is 0.00167. The fraction of sp³-hybridized carbons (Fsp3) is 0.0714. The van der Waals surface area contributed by atoms with Crippen molar-refractivity contribution in [3.8, 4) is 0 Å². The van der Waals surface area contributed by atoms with E-state index in [0.29, 0.717) is 12.1 Å². The van der Waals surface area contributed by atoms with Gasteiger partial charge in [-0.1, -0.05) is 17.7 Å². The van der Waals surface area contributed by atoms with Gasteiger partial charge in [0.1, 0.15) is 11.6 Å². The lowest BCUT2D eigenvalue weighted by Gasteiger charge is -2.07. The van der Waals surface area contributed by atoms with Crippen LogP contribution in [0.5, 0.6) is 0 Å². The molecule has 0 aliphatic carbocycles. The lowest BCUT2D eigenvalue weighted by molar-refractivity contribution is 0.103. The third-order valence-electron chi connectivity index (χ3n) is 2.77. The van der Waals surface area contributed by atoms with E-state index in [1.807, 2.05) is 0 Å². The molecule has 6 heteroatoms. The van der Waals surface area contributed by atoms with Gasteiger partial charge < -0.3 is 0 Å². The highest BCUT2D eigenvalue weighted by molar-refractivity contribution is 6.30. The first-order chi connectivity index (χ1) is 9.32. The number of hydrogen-bond donors (Lipinski definition) is 0. The maximum atomic E-state index is 13.7. The Balaban J connectivity index is 2.58. The topological polar surface area (TPSA) is 17.1 Å². The molecule has 0 bridgehead atoms. The lowest BCUT2D eigenvalue weighted by atomic mass is 10.0. The molecule has 0 fully saturated rings. The molecule has 2 aromatic rings. The molecule has 1 nitrogen and oxygen atoms in total. The highest BCUT2D eigenvalue weighted by Crippen LogP contribution is 2.24. The van der Waals surface area contributed by atoms with Crippen LogP contribution in [0, 0.1) is 30.2 Å². The van der Waals surface area contributed by atoms with Crippen LogP contribution in [-0.2, 0) is 0 Å². The molecule has 0 N–H and O–H groups in total. The average Bonchev–Trinajstić information content (AvgIpc) is 2.40. The van der Waals surface area contributed by atoms with Crippen molar-refractivity contribution < 1.29 is 22.4 Å². The Bertz CT molecular complexity index is 709. The molecule has 0 unspecified atom stereocenters. The Kier molecular flexibility index (Phi) is 3.81. The van der Waals surface area contributed by atoms with E-state index in [-0.39, 0.29) is 5.56 Å². The van der Waals surface area contributed by atoms with Crippen molar-refractivity contribution in [2.75, 3.05) is 0 Å². The van der Waals surface area contributed by atoms with Crippen LogP contribution >= 0.6 is 11.6 Å². The molecule has 0 saturated carbocycles. The fourth-order valence-electron chi connectivity index (χ4n) is 1.66. The number of benzene rings is 2. The highest BCUT2D eigenvalue weighted by Gasteiger charge is 2.22. The number of carbonyl (C=O) groups excluding carboxylic acids is 1. The van der Waals surface area contributed by atoms with E-state index in [0.717, 1.165) is 6.07 Å². The van der Waals surface area contributed by atoms with Crippen molar-refractivity contribution in [2.24, 2.45) is 0 Å². The van der Waals surface area contributed by atoms with Crippen molar-refractivity contribution in [1.82, 2.24) is 0 Å². The summed E-state index contributed by atoms with van der Waals surface area (Å²) in [5.74, 6) is -5.89. The summed E-state index contributed by atoms with van der Waals surface area (Å²) >= 11 is 5.35. The number of hydrogen-bond acceptors (Lipinski definition) is 1. The van der Waals surface area contributed by atoms with E-state index in [1.165, 1.54) is 13.0 Å². The van der Waals surface area contributed by atoms with E-state index in [4.69, 9.17) is 11.6 Å². The van der Waals surface area contributed by atoms with E-state index < -0.39 is 45.2 Å². The molecule has 0 spiro atoms. The maximum absolute atomic E-state index is 13.7. The van der Waals surface area contributed by atoms with Gasteiger partial charge in [0, 0.05) is 0 Å². The smallest absolute Gasteiger partial charge is 0.199 e. The number of aryl methyl sites for hydroxylation is 1. The maximum Gasteiger partial charge on any atom is 0.199 e. The van der Waals surface area contributed by atoms with Gasteiger partial charge in [-0.15, -0.1) is 0 Å². The molecule has 0 radical (unpaired) electrons. The van der Waals surface area contributed by atoms with Crippen LogP contribution < -0.4 is 0 Å². The second kappa shape index (κ2) is 5.25. The first kappa shape index (κ1) is 14.5. The molecule has 2 rings (SSSR count). The summed E-state index contributed by atoms with van der Waals surface area (Å²) in [6, 6.07) is 3.35. The van der Waals surface area contributed by atoms with Crippen molar-refractivity contribution in [3.63, 3.8) is 0 Å². The zero-order valence-electron chi connectivity index (χ0n) is 10.1. The third kappa shape index (κ3) is 2.41. The Morgan fingerprint density at radius 2 is 1.60 bits per heavy atom. The summed E-state index contributed by atoms with van der Waals surface area (Å²) in [7, 11) is 0. The summed E-state index contributed by atoms with van der Waals surface area (Å²) in [5.41, 5.74) is -1.38. The zero-order chi connectivity index (χ0) is 15.0. The van der Waals surface area contributed by atoms with Crippen molar-refractivity contribution in [2.45, 2.75) is 6.92 Å². The minimum atomic E-state index is -1.40. The lowest BCUT2D eigenvalue weighted by Crippen LogP contribution is -2.09. The van der Waals surface area contributed by atoms with Crippen LogP contribution in [0.1, 0.15) is 21.5 Å². The normalized spacial score (nSPS) is 10.7. The monoisotopic (exact) mass is 302 g/mol. The van der Waals surface area contributed by atoms with Gasteiger partial charge in [-0.3, -0.25) is 4.79 Å². The second-order valence-corrected chi connectivity index (χ2v) is 4.54. The van der Waals surface area contributed by atoms with Crippen LogP contribution in [-0.4, -0.2) is 5.78 Å². The van der Waals surface area contributed by atoms with Crippen LogP contribution in [0.4, 0.5) is 17.6 Å². The number of halogens is 5. The molecule has 0 atom stereocenters. The Morgan fingerprint density at radius 3 is 2.25 bits per heavy atom. The number of rotatable bonds is 2. The van der Waals surface area contributed by atoms with Gasteiger partial charge in [-0.25, -0.2) is 17.6 Å². The Hall–Kier alpha value is -1.88. The van der Waals surface area contributed by atoms with E-state index >= 15 is 0 Å². The Morgan fingerprint density at radius 1 is 0.950 bits per heavy atom. The molecule has 0 heterocycles. The van der Waals surface area contributed by atoms with Gasteiger partial charge in [0.2, 0.25) is 0 Å². The summed E-state index contributed by atoms with van der Waals surface area (Å²) in [6.45, 7) is 1.31. The third-order valence-corrected chi connectivity index (χ3v) is 3.06. The van der Waals surface area contributed by atoms with Crippen LogP contribution in [0.3, 0.4) is 0 Å². The van der Waals surface area contributed by atoms with Crippen LogP contribution in [0.15, 0.2) is 24.3 Å². The minimum Gasteiger partial charge on any atom is -0.288 e. The molecule has 2 aromatic carbocycles. The number of ketones is 1. The molecule has 0 saturated heterocycles. The summed E-state index contributed by atoms with van der Waals surface area (Å²) in [5, 5.41) is -0.505. The summed E-state index contributed by atoms with van der Waals surface area (Å²) in [6.07, 6.45) is 0. The highest BCUT2D eigenvalue weighted by atomic mass is 35.5. The predicted molar refractivity (Wildman–Crippen MR) is 65.9 cm³/mol. The van der Waals surface area contributed by atoms with Gasteiger partial charge in [0.05, 0.1) is 16.1 Å². The number of carbonyl (C=O) groups is 1. The first-order valence-corrected chi connectivity index (χ1v) is 5.84. The molecule has 0 aromatic heterocycles. The molecule has 0 aliphatic rings. The molecular weight excluding hydrogens is 296 g/mol. The summed E-state index contributed by atoms with van der Waals surface area (Å²) < 4.78 is 53.9. The van der Waals surface area contributed by atoms with E-state index in [1.54, 1.807) is 0 Å². The van der Waals surface area contributed by atoms with Crippen molar-refractivity contribution >= 4 is 17.4 Å². The molecule has 104 valence electrons. The molecule has 20 heavy (non-hydrogen) atoms. The first-order valence-electron chi connectivity index (χ1n) is 5.46. The van der Waals surface area contributed by atoms with Gasteiger partial charge in [-0.05, 0) is 30.7 Å².